The molecule has 0 fully saturated rings. The van der Waals surface area contributed by atoms with E-state index >= 15 is 0 Å². The molecule has 3 aromatic rings. The number of hydrogen-bond acceptors (Lipinski definition) is 4. The quantitative estimate of drug-likeness (QED) is 0.688. The minimum atomic E-state index is -0.264. The Bertz CT molecular complexity index is 849. The first kappa shape index (κ1) is 18.2. The number of pyridine rings is 1. The van der Waals surface area contributed by atoms with Crippen LogP contribution in [0.25, 0.3) is 10.6 Å². The van der Waals surface area contributed by atoms with Gasteiger partial charge in [-0.25, -0.2) is 9.37 Å². The molecule has 26 heavy (non-hydrogen) atoms. The zero-order chi connectivity index (χ0) is 18.4. The lowest BCUT2D eigenvalue weighted by atomic mass is 10.0. The van der Waals surface area contributed by atoms with Crippen molar-refractivity contribution in [3.05, 3.63) is 71.2 Å². The summed E-state index contributed by atoms with van der Waals surface area (Å²) in [5.41, 5.74) is 2.97. The number of halogens is 1. The molecule has 4 nitrogen and oxygen atoms in total. The third kappa shape index (κ3) is 4.95. The molecule has 0 saturated heterocycles. The van der Waals surface area contributed by atoms with Gasteiger partial charge in [0.15, 0.2) is 0 Å². The van der Waals surface area contributed by atoms with Crippen molar-refractivity contribution in [3.8, 4) is 10.6 Å². The number of hydrogen-bond donors (Lipinski definition) is 1. The molecule has 2 heterocycles. The summed E-state index contributed by atoms with van der Waals surface area (Å²) in [5, 5.41) is 5.93. The van der Waals surface area contributed by atoms with Crippen LogP contribution in [0.15, 0.2) is 54.2 Å². The first-order valence-electron chi connectivity index (χ1n) is 8.49. The van der Waals surface area contributed by atoms with Gasteiger partial charge in [0.05, 0.1) is 5.69 Å². The van der Waals surface area contributed by atoms with E-state index in [9.17, 15) is 9.18 Å². The summed E-state index contributed by atoms with van der Waals surface area (Å²) in [6.45, 7) is 2.43. The highest BCUT2D eigenvalue weighted by molar-refractivity contribution is 7.13. The van der Waals surface area contributed by atoms with E-state index in [4.69, 9.17) is 0 Å². The van der Waals surface area contributed by atoms with Crippen LogP contribution in [0.3, 0.4) is 0 Å². The molecule has 1 atom stereocenters. The molecule has 134 valence electrons. The molecule has 6 heteroatoms. The highest BCUT2D eigenvalue weighted by atomic mass is 32.1. The fraction of sp³-hybridized carbons (Fsp3) is 0.250. The lowest BCUT2D eigenvalue weighted by molar-refractivity contribution is -0.124. The average Bonchev–Trinajstić information content (AvgIpc) is 3.13. The summed E-state index contributed by atoms with van der Waals surface area (Å²) in [5.74, 6) is -0.428. The Kier molecular flexibility index (Phi) is 6.07. The molecular formula is C20H20FN3OS. The van der Waals surface area contributed by atoms with Crippen molar-refractivity contribution in [2.75, 3.05) is 6.54 Å². The van der Waals surface area contributed by atoms with Crippen LogP contribution in [-0.2, 0) is 17.6 Å². The summed E-state index contributed by atoms with van der Waals surface area (Å²) < 4.78 is 12.9. The second-order valence-corrected chi connectivity index (χ2v) is 7.01. The SMILES string of the molecule is CC(Cc1ccc(F)cc1)C(=O)NCCc1csc(-c2ccncc2)n1. The molecule has 1 amide bonds. The topological polar surface area (TPSA) is 54.9 Å². The standard InChI is InChI=1S/C20H20FN3OS/c1-14(12-15-2-4-17(21)5-3-15)19(25)23-11-8-18-13-26-20(24-18)16-6-9-22-10-7-16/h2-7,9-10,13-14H,8,11-12H2,1H3,(H,23,25). The fourth-order valence-corrected chi connectivity index (χ4v) is 3.46. The Morgan fingerprint density at radius 1 is 1.19 bits per heavy atom. The molecule has 0 radical (unpaired) electrons. The number of nitrogens with zero attached hydrogens (tertiary/aromatic N) is 2. The summed E-state index contributed by atoms with van der Waals surface area (Å²) >= 11 is 1.59. The Labute approximate surface area is 156 Å². The zero-order valence-corrected chi connectivity index (χ0v) is 15.3. The molecule has 0 aliphatic carbocycles. The Hall–Kier alpha value is -2.60. The normalized spacial score (nSPS) is 11.9. The van der Waals surface area contributed by atoms with Crippen LogP contribution in [0.2, 0.25) is 0 Å². The van der Waals surface area contributed by atoms with Crippen LogP contribution in [0, 0.1) is 11.7 Å². The maximum atomic E-state index is 12.9. The largest absolute Gasteiger partial charge is 0.355 e. The first-order valence-corrected chi connectivity index (χ1v) is 9.37. The Balaban J connectivity index is 1.46. The van der Waals surface area contributed by atoms with Crippen molar-refractivity contribution in [1.82, 2.24) is 15.3 Å². The van der Waals surface area contributed by atoms with Gasteiger partial charge in [0, 0.05) is 42.2 Å². The van der Waals surface area contributed by atoms with Crippen LogP contribution < -0.4 is 5.32 Å². The number of benzene rings is 1. The van der Waals surface area contributed by atoms with Crippen molar-refractivity contribution < 1.29 is 9.18 Å². The molecule has 0 aliphatic heterocycles. The summed E-state index contributed by atoms with van der Waals surface area (Å²) in [7, 11) is 0. The van der Waals surface area contributed by atoms with Gasteiger partial charge in [-0.05, 0) is 36.2 Å². The van der Waals surface area contributed by atoms with Crippen molar-refractivity contribution >= 4 is 17.2 Å². The number of carbonyl (C=O) groups is 1. The molecule has 1 unspecified atom stereocenters. The van der Waals surface area contributed by atoms with Gasteiger partial charge in [-0.2, -0.15) is 0 Å². The maximum absolute atomic E-state index is 12.9. The number of carbonyl (C=O) groups excluding carboxylic acids is 1. The van der Waals surface area contributed by atoms with E-state index in [0.717, 1.165) is 21.8 Å². The predicted octanol–water partition coefficient (Wildman–Crippen LogP) is 3.88. The molecular weight excluding hydrogens is 349 g/mol. The smallest absolute Gasteiger partial charge is 0.223 e. The van der Waals surface area contributed by atoms with E-state index in [0.29, 0.717) is 19.4 Å². The van der Waals surface area contributed by atoms with Crippen molar-refractivity contribution in [2.24, 2.45) is 5.92 Å². The molecule has 0 bridgehead atoms. The average molecular weight is 369 g/mol. The lowest BCUT2D eigenvalue weighted by Gasteiger charge is -2.12. The molecule has 0 saturated carbocycles. The van der Waals surface area contributed by atoms with Gasteiger partial charge in [-0.15, -0.1) is 11.3 Å². The molecule has 1 N–H and O–H groups in total. The molecule has 1 aromatic carbocycles. The van der Waals surface area contributed by atoms with Crippen LogP contribution in [0.4, 0.5) is 4.39 Å². The summed E-state index contributed by atoms with van der Waals surface area (Å²) in [4.78, 5) is 20.8. The number of nitrogens with one attached hydrogen (secondary N) is 1. The molecule has 3 rings (SSSR count). The second kappa shape index (κ2) is 8.67. The van der Waals surface area contributed by atoms with Gasteiger partial charge < -0.3 is 5.32 Å². The predicted molar refractivity (Wildman–Crippen MR) is 101 cm³/mol. The van der Waals surface area contributed by atoms with Crippen LogP contribution in [0.5, 0.6) is 0 Å². The summed E-state index contributed by atoms with van der Waals surface area (Å²) in [6, 6.07) is 10.1. The molecule has 0 spiro atoms. The van der Waals surface area contributed by atoms with Gasteiger partial charge in [0.2, 0.25) is 5.91 Å². The van der Waals surface area contributed by atoms with Gasteiger partial charge in [-0.1, -0.05) is 19.1 Å². The van der Waals surface area contributed by atoms with Crippen LogP contribution in [-0.4, -0.2) is 22.4 Å². The van der Waals surface area contributed by atoms with Gasteiger partial charge in [0.25, 0.3) is 0 Å². The minimum Gasteiger partial charge on any atom is -0.355 e. The van der Waals surface area contributed by atoms with E-state index in [1.807, 2.05) is 24.4 Å². The fourth-order valence-electron chi connectivity index (χ4n) is 2.60. The first-order chi connectivity index (χ1) is 12.6. The molecule has 2 aromatic heterocycles. The third-order valence-corrected chi connectivity index (χ3v) is 5.00. The number of thiazole rings is 1. The van der Waals surface area contributed by atoms with E-state index in [-0.39, 0.29) is 17.6 Å². The zero-order valence-electron chi connectivity index (χ0n) is 14.5. The number of aromatic nitrogens is 2. The van der Waals surface area contributed by atoms with Crippen molar-refractivity contribution in [3.63, 3.8) is 0 Å². The van der Waals surface area contributed by atoms with E-state index in [2.05, 4.69) is 15.3 Å². The Morgan fingerprint density at radius 2 is 1.92 bits per heavy atom. The Morgan fingerprint density at radius 3 is 2.65 bits per heavy atom. The lowest BCUT2D eigenvalue weighted by Crippen LogP contribution is -2.31. The monoisotopic (exact) mass is 369 g/mol. The van der Waals surface area contributed by atoms with E-state index < -0.39 is 0 Å². The van der Waals surface area contributed by atoms with Crippen molar-refractivity contribution in [1.29, 1.82) is 0 Å². The van der Waals surface area contributed by atoms with Gasteiger partial charge >= 0.3 is 0 Å². The number of rotatable bonds is 7. The minimum absolute atomic E-state index is 0.00101. The maximum Gasteiger partial charge on any atom is 0.223 e. The number of amides is 1. The van der Waals surface area contributed by atoms with Gasteiger partial charge in [0.1, 0.15) is 10.8 Å². The van der Waals surface area contributed by atoms with Crippen LogP contribution >= 0.6 is 11.3 Å². The van der Waals surface area contributed by atoms with Crippen molar-refractivity contribution in [2.45, 2.75) is 19.8 Å². The highest BCUT2D eigenvalue weighted by Crippen LogP contribution is 2.22. The molecule has 0 aliphatic rings. The van der Waals surface area contributed by atoms with Gasteiger partial charge in [-0.3, -0.25) is 9.78 Å². The second-order valence-electron chi connectivity index (χ2n) is 6.15. The highest BCUT2D eigenvalue weighted by Gasteiger charge is 2.13. The summed E-state index contributed by atoms with van der Waals surface area (Å²) in [6.07, 6.45) is 4.78. The van der Waals surface area contributed by atoms with Crippen LogP contribution in [0.1, 0.15) is 18.2 Å². The third-order valence-electron chi connectivity index (χ3n) is 4.06. The van der Waals surface area contributed by atoms with E-state index in [1.54, 1.807) is 35.9 Å². The van der Waals surface area contributed by atoms with E-state index in [1.165, 1.54) is 12.1 Å².